The predicted molar refractivity (Wildman–Crippen MR) is 270 cm³/mol. The Morgan fingerprint density at radius 2 is 0.857 bits per heavy atom. The molecule has 2 unspecified atom stereocenters. The number of hydrogen-bond donors (Lipinski definition) is 0. The quantitative estimate of drug-likeness (QED) is 0.154. The van der Waals surface area contributed by atoms with Crippen LogP contribution in [0, 0.1) is 0 Å². The summed E-state index contributed by atoms with van der Waals surface area (Å²) in [6.07, 6.45) is 9.12. The van der Waals surface area contributed by atoms with Gasteiger partial charge in [-0.05, 0) is 145 Å². The van der Waals surface area contributed by atoms with Gasteiger partial charge in [-0.2, -0.15) is 0 Å². The second kappa shape index (κ2) is 14.5. The van der Waals surface area contributed by atoms with Crippen molar-refractivity contribution in [2.75, 3.05) is 4.90 Å². The summed E-state index contributed by atoms with van der Waals surface area (Å²) in [5.74, 6) is 0.420. The molecule has 2 heterocycles. The molecule has 3 heteroatoms. The Hall–Kier alpha value is -7.59. The second-order valence-corrected chi connectivity index (χ2v) is 18.0. The molecular weight excluding hydrogens is 781 g/mol. The van der Waals surface area contributed by atoms with Crippen LogP contribution in [0.3, 0.4) is 0 Å². The zero-order valence-corrected chi connectivity index (χ0v) is 35.2. The molecule has 13 rings (SSSR count). The highest BCUT2D eigenvalue weighted by molar-refractivity contribution is 8.00. The number of benzene rings is 10. The van der Waals surface area contributed by atoms with Gasteiger partial charge in [0.25, 0.3) is 0 Å². The summed E-state index contributed by atoms with van der Waals surface area (Å²) < 4.78 is 2.48. The van der Waals surface area contributed by atoms with E-state index in [-0.39, 0.29) is 0 Å². The van der Waals surface area contributed by atoms with E-state index in [9.17, 15) is 0 Å². The van der Waals surface area contributed by atoms with Gasteiger partial charge in [0.1, 0.15) is 0 Å². The van der Waals surface area contributed by atoms with Crippen LogP contribution in [0.15, 0.2) is 235 Å². The van der Waals surface area contributed by atoms with Crippen molar-refractivity contribution < 1.29 is 0 Å². The number of para-hydroxylation sites is 2. The first-order chi connectivity index (χ1) is 31.2. The number of allylic oxidation sites excluding steroid dienone is 3. The SMILES string of the molecule is C1=CC2Sc3ccc(-c4ccc5c(c4)c4cc(-c6ccc(N(c7ccccc7)c7ccccc7)cc6)ccc4n5-c4ccc5c6ccccc6c6ccccc6c5c4)cc3C2C=C1. The van der Waals surface area contributed by atoms with Gasteiger partial charge in [-0.1, -0.05) is 146 Å². The summed E-state index contributed by atoms with van der Waals surface area (Å²) >= 11 is 1.99. The van der Waals surface area contributed by atoms with E-state index >= 15 is 0 Å². The Labute approximate surface area is 370 Å². The van der Waals surface area contributed by atoms with Gasteiger partial charge in [0.05, 0.1) is 11.0 Å². The first-order valence-electron chi connectivity index (χ1n) is 21.8. The van der Waals surface area contributed by atoms with Crippen molar-refractivity contribution in [3.05, 3.63) is 236 Å². The molecule has 0 fully saturated rings. The Kier molecular flexibility index (Phi) is 8.32. The van der Waals surface area contributed by atoms with Gasteiger partial charge in [0, 0.05) is 49.6 Å². The average molecular weight is 821 g/mol. The molecule has 1 aromatic heterocycles. The van der Waals surface area contributed by atoms with Crippen molar-refractivity contribution in [2.24, 2.45) is 0 Å². The average Bonchev–Trinajstić information content (AvgIpc) is 3.89. The molecule has 0 N–H and O–H groups in total. The molecule has 11 aromatic rings. The summed E-state index contributed by atoms with van der Waals surface area (Å²) in [5.41, 5.74) is 13.2. The number of hydrogen-bond acceptors (Lipinski definition) is 2. The fourth-order valence-corrected chi connectivity index (χ4v) is 11.6. The van der Waals surface area contributed by atoms with E-state index in [1.165, 1.54) is 86.8 Å². The molecule has 0 radical (unpaired) electrons. The van der Waals surface area contributed by atoms with Crippen molar-refractivity contribution in [1.82, 2.24) is 4.57 Å². The Morgan fingerprint density at radius 1 is 0.365 bits per heavy atom. The van der Waals surface area contributed by atoms with Gasteiger partial charge >= 0.3 is 0 Å². The largest absolute Gasteiger partial charge is 0.311 e. The van der Waals surface area contributed by atoms with Crippen LogP contribution in [0.25, 0.3) is 82.1 Å². The molecule has 2 nitrogen and oxygen atoms in total. The molecule has 0 spiro atoms. The number of rotatable bonds is 6. The number of nitrogens with zero attached hydrogens (tertiary/aromatic N) is 2. The van der Waals surface area contributed by atoms with E-state index in [0.29, 0.717) is 11.2 Å². The van der Waals surface area contributed by atoms with Crippen molar-refractivity contribution in [2.45, 2.75) is 16.1 Å². The Bertz CT molecular complexity index is 3580. The van der Waals surface area contributed by atoms with Gasteiger partial charge in [-0.15, -0.1) is 11.8 Å². The molecular formula is C60H40N2S. The molecule has 2 aliphatic rings. The maximum atomic E-state index is 2.48. The van der Waals surface area contributed by atoms with Crippen LogP contribution in [0.5, 0.6) is 0 Å². The smallest absolute Gasteiger partial charge is 0.0541 e. The minimum Gasteiger partial charge on any atom is -0.311 e. The predicted octanol–water partition coefficient (Wildman–Crippen LogP) is 16.7. The standard InChI is InChI=1S/C60H40N2S/c1-3-13-43(14-4-1)61(44-15-5-2-6-16-44)45-28-23-39(24-29-45)40-25-32-57-54(35-40)55-36-41(42-27-34-60-56(37-42)52-21-11-12-22-59(52)63-60)26-33-58(55)62(57)46-30-31-51-49-19-8-7-17-47(49)48-18-9-10-20-50(48)53(51)38-46/h1-38,52,59H. The van der Waals surface area contributed by atoms with Crippen molar-refractivity contribution in [3.8, 4) is 27.9 Å². The molecule has 63 heavy (non-hydrogen) atoms. The minimum absolute atomic E-state index is 0.420. The second-order valence-electron chi connectivity index (χ2n) is 16.8. The van der Waals surface area contributed by atoms with Crippen molar-refractivity contribution >= 4 is 82.9 Å². The lowest BCUT2D eigenvalue weighted by atomic mass is 9.90. The summed E-state index contributed by atoms with van der Waals surface area (Å²) in [6, 6.07) is 76.2. The third-order valence-electron chi connectivity index (χ3n) is 13.3. The van der Waals surface area contributed by atoms with Gasteiger partial charge in [0.15, 0.2) is 0 Å². The first-order valence-corrected chi connectivity index (χ1v) is 22.7. The Morgan fingerprint density at radius 3 is 1.49 bits per heavy atom. The topological polar surface area (TPSA) is 8.17 Å². The van der Waals surface area contributed by atoms with Crippen LogP contribution in [-0.4, -0.2) is 9.82 Å². The highest BCUT2D eigenvalue weighted by Gasteiger charge is 2.31. The van der Waals surface area contributed by atoms with Crippen LogP contribution in [0.1, 0.15) is 11.5 Å². The minimum atomic E-state index is 0.420. The van der Waals surface area contributed by atoms with E-state index in [2.05, 4.69) is 240 Å². The lowest BCUT2D eigenvalue weighted by Crippen LogP contribution is -2.09. The number of thioether (sulfide) groups is 1. The van der Waals surface area contributed by atoms with E-state index in [1.54, 1.807) is 0 Å². The summed E-state index contributed by atoms with van der Waals surface area (Å²) in [7, 11) is 0. The highest BCUT2D eigenvalue weighted by atomic mass is 32.2. The monoisotopic (exact) mass is 820 g/mol. The van der Waals surface area contributed by atoms with Gasteiger partial charge in [0.2, 0.25) is 0 Å². The zero-order chi connectivity index (χ0) is 41.4. The van der Waals surface area contributed by atoms with Crippen molar-refractivity contribution in [1.29, 1.82) is 0 Å². The van der Waals surface area contributed by atoms with Crippen molar-refractivity contribution in [3.63, 3.8) is 0 Å². The molecule has 0 amide bonds. The molecule has 296 valence electrons. The maximum Gasteiger partial charge on any atom is 0.0541 e. The normalized spacial score (nSPS) is 15.4. The van der Waals surface area contributed by atoms with Crippen LogP contribution >= 0.6 is 11.8 Å². The van der Waals surface area contributed by atoms with E-state index < -0.39 is 0 Å². The summed E-state index contributed by atoms with van der Waals surface area (Å²) in [4.78, 5) is 3.71. The lowest BCUT2D eigenvalue weighted by Gasteiger charge is -2.25. The first kappa shape index (κ1) is 36.1. The summed E-state index contributed by atoms with van der Waals surface area (Å²) in [5, 5.41) is 10.7. The van der Waals surface area contributed by atoms with Crippen LogP contribution in [-0.2, 0) is 0 Å². The van der Waals surface area contributed by atoms with Crippen LogP contribution in [0.2, 0.25) is 0 Å². The summed E-state index contributed by atoms with van der Waals surface area (Å²) in [6.45, 7) is 0. The van der Waals surface area contributed by atoms with E-state index in [4.69, 9.17) is 0 Å². The van der Waals surface area contributed by atoms with Crippen LogP contribution < -0.4 is 4.90 Å². The fraction of sp³-hybridized carbons (Fsp3) is 0.0333. The molecule has 0 bridgehead atoms. The van der Waals surface area contributed by atoms with Crippen LogP contribution in [0.4, 0.5) is 17.1 Å². The molecule has 1 aliphatic carbocycles. The molecule has 2 atom stereocenters. The Balaban J connectivity index is 0.983. The molecule has 1 aliphatic heterocycles. The highest BCUT2D eigenvalue weighted by Crippen LogP contribution is 2.49. The lowest BCUT2D eigenvalue weighted by molar-refractivity contribution is 0.881. The number of anilines is 3. The van der Waals surface area contributed by atoms with Gasteiger partial charge in [-0.25, -0.2) is 0 Å². The maximum absolute atomic E-state index is 2.48. The zero-order valence-electron chi connectivity index (χ0n) is 34.4. The number of aromatic nitrogens is 1. The molecule has 10 aromatic carbocycles. The van der Waals surface area contributed by atoms with Gasteiger partial charge < -0.3 is 9.47 Å². The fourth-order valence-electron chi connectivity index (χ4n) is 10.3. The van der Waals surface area contributed by atoms with Gasteiger partial charge in [-0.3, -0.25) is 0 Å². The third-order valence-corrected chi connectivity index (χ3v) is 14.6. The number of fused-ring (bicyclic) bond motifs is 12. The van der Waals surface area contributed by atoms with E-state index in [1.807, 2.05) is 11.8 Å². The third kappa shape index (κ3) is 5.88. The molecule has 0 saturated heterocycles. The van der Waals surface area contributed by atoms with E-state index in [0.717, 1.165) is 22.7 Å². The molecule has 0 saturated carbocycles.